The van der Waals surface area contributed by atoms with Crippen LogP contribution >= 0.6 is 11.6 Å². The lowest BCUT2D eigenvalue weighted by atomic mass is 10.0. The zero-order chi connectivity index (χ0) is 16.1. The average molecular weight is 350 g/mol. The Morgan fingerprint density at radius 3 is 2.87 bits per heavy atom. The molecule has 1 saturated carbocycles. The third-order valence-corrected chi connectivity index (χ3v) is 6.20. The molecule has 1 unspecified atom stereocenters. The van der Waals surface area contributed by atoms with E-state index in [1.54, 1.807) is 6.20 Å². The summed E-state index contributed by atoms with van der Waals surface area (Å²) in [6.45, 7) is 0. The van der Waals surface area contributed by atoms with Gasteiger partial charge in [-0.05, 0) is 30.5 Å². The van der Waals surface area contributed by atoms with Gasteiger partial charge in [-0.2, -0.15) is 0 Å². The zero-order valence-corrected chi connectivity index (χ0v) is 14.4. The molecule has 1 aliphatic carbocycles. The first-order valence-electron chi connectivity index (χ1n) is 7.91. The molecule has 1 heterocycles. The van der Waals surface area contributed by atoms with Crippen molar-refractivity contribution in [2.75, 3.05) is 5.32 Å². The third kappa shape index (κ3) is 4.52. The number of rotatable bonds is 5. The van der Waals surface area contributed by atoms with Crippen LogP contribution in [0.1, 0.15) is 37.7 Å². The summed E-state index contributed by atoms with van der Waals surface area (Å²) in [6.07, 6.45) is 8.92. The number of benzene rings is 1. The van der Waals surface area contributed by atoms with Gasteiger partial charge in [0.15, 0.2) is 5.82 Å². The van der Waals surface area contributed by atoms with Crippen LogP contribution in [0, 0.1) is 0 Å². The fraction of sp³-hybridized carbons (Fsp3) is 0.412. The van der Waals surface area contributed by atoms with Gasteiger partial charge in [0.05, 0.1) is 6.20 Å². The summed E-state index contributed by atoms with van der Waals surface area (Å²) < 4.78 is 12.5. The Morgan fingerprint density at radius 1 is 1.26 bits per heavy atom. The van der Waals surface area contributed by atoms with E-state index >= 15 is 0 Å². The Hall–Kier alpha value is -1.46. The van der Waals surface area contributed by atoms with E-state index in [1.807, 2.05) is 24.3 Å². The van der Waals surface area contributed by atoms with Gasteiger partial charge in [0.2, 0.25) is 0 Å². The maximum atomic E-state index is 12.5. The molecular formula is C17H20ClN3OS. The second-order valence-corrected chi connectivity index (χ2v) is 7.95. The van der Waals surface area contributed by atoms with Crippen LogP contribution in [-0.4, -0.2) is 19.4 Å². The molecule has 0 saturated heterocycles. The van der Waals surface area contributed by atoms with Crippen LogP contribution in [0.25, 0.3) is 0 Å². The number of anilines is 2. The first-order chi connectivity index (χ1) is 11.2. The first kappa shape index (κ1) is 16.4. The van der Waals surface area contributed by atoms with Gasteiger partial charge in [-0.1, -0.05) is 43.0 Å². The first-order valence-corrected chi connectivity index (χ1v) is 9.67. The number of hydrogen-bond acceptors (Lipinski definition) is 4. The van der Waals surface area contributed by atoms with Gasteiger partial charge in [-0.25, -0.2) is 9.97 Å². The fourth-order valence-corrected chi connectivity index (χ4v) is 4.65. The lowest BCUT2D eigenvalue weighted by Gasteiger charge is -2.21. The minimum absolute atomic E-state index is 0.358. The molecule has 23 heavy (non-hydrogen) atoms. The van der Waals surface area contributed by atoms with Crippen LogP contribution in [0.4, 0.5) is 11.5 Å². The van der Waals surface area contributed by atoms with Gasteiger partial charge in [0, 0.05) is 27.5 Å². The highest BCUT2D eigenvalue weighted by molar-refractivity contribution is 7.84. The van der Waals surface area contributed by atoms with Crippen molar-refractivity contribution in [1.29, 1.82) is 0 Å². The standard InChI is InChI=1S/C17H20ClN3OS/c18-16-10-19-12-20-17(16)21-14-6-4-5-13(9-14)11-23(22)15-7-2-1-3-8-15/h4-6,9-10,12,15H,1-3,7-8,11H2,(H,19,20,21). The summed E-state index contributed by atoms with van der Waals surface area (Å²) in [5.74, 6) is 1.18. The Morgan fingerprint density at radius 2 is 2.09 bits per heavy atom. The molecule has 3 rings (SSSR count). The van der Waals surface area contributed by atoms with E-state index in [4.69, 9.17) is 11.6 Å². The molecule has 1 fully saturated rings. The van der Waals surface area contributed by atoms with Crippen LogP contribution < -0.4 is 5.32 Å². The molecule has 0 aliphatic heterocycles. The molecule has 0 spiro atoms. The summed E-state index contributed by atoms with van der Waals surface area (Å²) in [4.78, 5) is 8.00. The highest BCUT2D eigenvalue weighted by Crippen LogP contribution is 2.25. The van der Waals surface area contributed by atoms with Crippen molar-refractivity contribution in [2.45, 2.75) is 43.1 Å². The van der Waals surface area contributed by atoms with E-state index in [-0.39, 0.29) is 0 Å². The summed E-state index contributed by atoms with van der Waals surface area (Å²) in [6, 6.07) is 7.95. The van der Waals surface area contributed by atoms with Gasteiger partial charge >= 0.3 is 0 Å². The second-order valence-electron chi connectivity index (χ2n) is 5.83. The predicted molar refractivity (Wildman–Crippen MR) is 95.5 cm³/mol. The van der Waals surface area contributed by atoms with Crippen LogP contribution in [0.2, 0.25) is 5.02 Å². The maximum Gasteiger partial charge on any atom is 0.152 e. The van der Waals surface area contributed by atoms with Gasteiger partial charge in [-0.3, -0.25) is 4.21 Å². The summed E-state index contributed by atoms with van der Waals surface area (Å²) >= 11 is 6.06. The Bertz CT molecular complexity index is 689. The summed E-state index contributed by atoms with van der Waals surface area (Å²) in [5.41, 5.74) is 1.97. The number of aromatic nitrogens is 2. The maximum absolute atomic E-state index is 12.5. The smallest absolute Gasteiger partial charge is 0.152 e. The lowest BCUT2D eigenvalue weighted by Crippen LogP contribution is -2.19. The quantitative estimate of drug-likeness (QED) is 0.866. The van der Waals surface area contributed by atoms with Crippen molar-refractivity contribution in [1.82, 2.24) is 9.97 Å². The minimum atomic E-state index is -0.796. The number of hydrogen-bond donors (Lipinski definition) is 1. The van der Waals surface area contributed by atoms with Crippen LogP contribution in [0.3, 0.4) is 0 Å². The van der Waals surface area contributed by atoms with E-state index in [9.17, 15) is 4.21 Å². The Balaban J connectivity index is 1.67. The molecule has 2 aromatic rings. The van der Waals surface area contributed by atoms with Crippen LogP contribution in [0.15, 0.2) is 36.8 Å². The van der Waals surface area contributed by atoms with E-state index in [1.165, 1.54) is 25.6 Å². The van der Waals surface area contributed by atoms with Gasteiger partial charge < -0.3 is 5.32 Å². The SMILES string of the molecule is O=S(Cc1cccc(Nc2ncncc2Cl)c1)C1CCCCC1. The second kappa shape index (κ2) is 7.88. The van der Waals surface area contributed by atoms with Crippen LogP contribution in [0.5, 0.6) is 0 Å². The molecule has 6 heteroatoms. The molecule has 0 bridgehead atoms. The molecule has 1 N–H and O–H groups in total. The van der Waals surface area contributed by atoms with Crippen molar-refractivity contribution in [3.05, 3.63) is 47.4 Å². The topological polar surface area (TPSA) is 54.9 Å². The molecule has 0 radical (unpaired) electrons. The molecule has 1 aliphatic rings. The molecule has 1 atom stereocenters. The highest BCUT2D eigenvalue weighted by Gasteiger charge is 2.19. The number of halogens is 1. The summed E-state index contributed by atoms with van der Waals surface area (Å²) in [5, 5.41) is 4.02. The van der Waals surface area contributed by atoms with E-state index < -0.39 is 10.8 Å². The minimum Gasteiger partial charge on any atom is -0.339 e. The Kier molecular flexibility index (Phi) is 5.62. The zero-order valence-electron chi connectivity index (χ0n) is 12.9. The highest BCUT2D eigenvalue weighted by atomic mass is 35.5. The lowest BCUT2D eigenvalue weighted by molar-refractivity contribution is 0.504. The molecule has 1 aromatic carbocycles. The molecule has 122 valence electrons. The van der Waals surface area contributed by atoms with Crippen molar-refractivity contribution < 1.29 is 4.21 Å². The van der Waals surface area contributed by atoms with Crippen LogP contribution in [-0.2, 0) is 16.6 Å². The van der Waals surface area contributed by atoms with E-state index in [0.717, 1.165) is 24.1 Å². The summed E-state index contributed by atoms with van der Waals surface area (Å²) in [7, 11) is -0.796. The number of nitrogens with zero attached hydrogens (tertiary/aromatic N) is 2. The normalized spacial score (nSPS) is 16.9. The molecule has 0 amide bonds. The predicted octanol–water partition coefficient (Wildman–Crippen LogP) is 4.46. The molecule has 1 aromatic heterocycles. The molecule has 4 nitrogen and oxygen atoms in total. The van der Waals surface area contributed by atoms with Gasteiger partial charge in [-0.15, -0.1) is 0 Å². The number of nitrogens with one attached hydrogen (secondary N) is 1. The average Bonchev–Trinajstić information content (AvgIpc) is 2.58. The molecular weight excluding hydrogens is 330 g/mol. The Labute approximate surface area is 144 Å². The van der Waals surface area contributed by atoms with Gasteiger partial charge in [0.1, 0.15) is 11.3 Å². The largest absolute Gasteiger partial charge is 0.339 e. The fourth-order valence-electron chi connectivity index (χ4n) is 2.89. The van der Waals surface area contributed by atoms with Gasteiger partial charge in [0.25, 0.3) is 0 Å². The third-order valence-electron chi connectivity index (χ3n) is 4.09. The van der Waals surface area contributed by atoms with Crippen molar-refractivity contribution in [2.24, 2.45) is 0 Å². The van der Waals surface area contributed by atoms with E-state index in [2.05, 4.69) is 15.3 Å². The van der Waals surface area contributed by atoms with Crippen molar-refractivity contribution in [3.63, 3.8) is 0 Å². The van der Waals surface area contributed by atoms with Crippen molar-refractivity contribution in [3.8, 4) is 0 Å². The van der Waals surface area contributed by atoms with E-state index in [0.29, 0.717) is 21.8 Å². The van der Waals surface area contributed by atoms with Crippen molar-refractivity contribution >= 4 is 33.9 Å². The monoisotopic (exact) mass is 349 g/mol.